The average Bonchev–Trinajstić information content (AvgIpc) is 3.19. The summed E-state index contributed by atoms with van der Waals surface area (Å²) in [5.74, 6) is 0.491. The van der Waals surface area contributed by atoms with Crippen LogP contribution >= 0.6 is 0 Å². The Morgan fingerprint density at radius 2 is 2.19 bits per heavy atom. The van der Waals surface area contributed by atoms with Crippen LogP contribution in [0.15, 0.2) is 36.7 Å². The van der Waals surface area contributed by atoms with Crippen molar-refractivity contribution in [2.45, 2.75) is 31.2 Å². The lowest BCUT2D eigenvalue weighted by atomic mass is 9.68. The Morgan fingerprint density at radius 1 is 1.32 bits per heavy atom. The fourth-order valence-electron chi connectivity index (χ4n) is 5.41. The van der Waals surface area contributed by atoms with Crippen molar-refractivity contribution in [3.63, 3.8) is 0 Å². The molecular weight excluding hydrogens is 390 g/mol. The molecule has 3 heterocycles. The van der Waals surface area contributed by atoms with Gasteiger partial charge in [0, 0.05) is 48.3 Å². The number of nitriles is 1. The SMILES string of the molecule is Cn1ncc(C2CCC3C(=O)NNC(CN)C3C2)c1-c1ccc2ncccc2c1C#N. The summed E-state index contributed by atoms with van der Waals surface area (Å²) in [6.07, 6.45) is 6.24. The minimum absolute atomic E-state index is 0.00687. The van der Waals surface area contributed by atoms with Gasteiger partial charge in [0.05, 0.1) is 23.0 Å². The van der Waals surface area contributed by atoms with E-state index in [1.54, 1.807) is 6.20 Å². The van der Waals surface area contributed by atoms with E-state index in [2.05, 4.69) is 27.0 Å². The third-order valence-electron chi connectivity index (χ3n) is 6.95. The van der Waals surface area contributed by atoms with Crippen LogP contribution in [-0.2, 0) is 11.8 Å². The maximum absolute atomic E-state index is 12.4. The third-order valence-corrected chi connectivity index (χ3v) is 6.95. The highest BCUT2D eigenvalue weighted by Crippen LogP contribution is 2.45. The van der Waals surface area contributed by atoms with Gasteiger partial charge in [0.1, 0.15) is 6.07 Å². The number of aromatic nitrogens is 3. The summed E-state index contributed by atoms with van der Waals surface area (Å²) in [5, 5.41) is 15.4. The molecule has 4 atom stereocenters. The Morgan fingerprint density at radius 3 is 3.00 bits per heavy atom. The van der Waals surface area contributed by atoms with Gasteiger partial charge in [0.15, 0.2) is 0 Å². The molecule has 1 aliphatic heterocycles. The molecule has 2 fully saturated rings. The first kappa shape index (κ1) is 19.7. The molecule has 8 nitrogen and oxygen atoms in total. The first-order valence-corrected chi connectivity index (χ1v) is 10.7. The summed E-state index contributed by atoms with van der Waals surface area (Å²) >= 11 is 0. The number of rotatable bonds is 3. The molecule has 1 aromatic carbocycles. The molecule has 0 spiro atoms. The number of pyridine rings is 1. The first-order valence-electron chi connectivity index (χ1n) is 10.7. The van der Waals surface area contributed by atoms with Crippen LogP contribution in [0.3, 0.4) is 0 Å². The summed E-state index contributed by atoms with van der Waals surface area (Å²) in [6.45, 7) is 0.477. The molecule has 4 N–H and O–H groups in total. The molecule has 2 aliphatic rings. The van der Waals surface area contributed by atoms with Crippen LogP contribution in [0.5, 0.6) is 0 Å². The number of hydrogen-bond donors (Lipinski definition) is 3. The maximum atomic E-state index is 12.4. The zero-order chi connectivity index (χ0) is 21.5. The van der Waals surface area contributed by atoms with Gasteiger partial charge in [-0.2, -0.15) is 10.4 Å². The number of aryl methyl sites for hydroxylation is 1. The second kappa shape index (κ2) is 7.76. The number of nitrogens with zero attached hydrogens (tertiary/aromatic N) is 4. The van der Waals surface area contributed by atoms with Crippen molar-refractivity contribution in [1.82, 2.24) is 25.6 Å². The van der Waals surface area contributed by atoms with Gasteiger partial charge in [-0.1, -0.05) is 0 Å². The second-order valence-corrected chi connectivity index (χ2v) is 8.50. The number of nitrogens with two attached hydrogens (primary N) is 1. The highest BCUT2D eigenvalue weighted by atomic mass is 16.2. The van der Waals surface area contributed by atoms with E-state index in [9.17, 15) is 10.1 Å². The molecule has 1 amide bonds. The summed E-state index contributed by atoms with van der Waals surface area (Å²) in [6, 6.07) is 10.2. The van der Waals surface area contributed by atoms with E-state index in [1.807, 2.05) is 42.2 Å². The minimum Gasteiger partial charge on any atom is -0.329 e. The highest BCUT2D eigenvalue weighted by molar-refractivity contribution is 5.92. The molecule has 8 heteroatoms. The number of fused-ring (bicyclic) bond motifs is 2. The zero-order valence-corrected chi connectivity index (χ0v) is 17.4. The fourth-order valence-corrected chi connectivity index (χ4v) is 5.41. The Kier molecular flexibility index (Phi) is 4.93. The smallest absolute Gasteiger partial charge is 0.237 e. The molecule has 1 saturated carbocycles. The zero-order valence-electron chi connectivity index (χ0n) is 17.4. The molecule has 158 valence electrons. The number of carbonyl (C=O) groups excluding carboxylic acids is 1. The molecule has 3 aromatic rings. The number of nitrogens with one attached hydrogen (secondary N) is 2. The van der Waals surface area contributed by atoms with Crippen LogP contribution in [0.2, 0.25) is 0 Å². The summed E-state index contributed by atoms with van der Waals surface area (Å²) in [4.78, 5) is 16.7. The van der Waals surface area contributed by atoms with Gasteiger partial charge in [-0.25, -0.2) is 5.43 Å². The number of hydrazine groups is 1. The van der Waals surface area contributed by atoms with Gasteiger partial charge >= 0.3 is 0 Å². The van der Waals surface area contributed by atoms with Gasteiger partial charge in [-0.05, 0) is 55.4 Å². The van der Waals surface area contributed by atoms with E-state index in [0.717, 1.165) is 47.0 Å². The Labute approximate surface area is 180 Å². The van der Waals surface area contributed by atoms with E-state index in [-0.39, 0.29) is 29.7 Å². The lowest BCUT2D eigenvalue weighted by Gasteiger charge is -2.43. The molecule has 1 saturated heterocycles. The maximum Gasteiger partial charge on any atom is 0.237 e. The standard InChI is InChI=1S/C23H25N7O/c1-30-22(15-6-7-20-14(18(15)10-24)3-2-8-26-20)19(12-27-30)13-4-5-16-17(9-13)21(11-25)28-29-23(16)31/h2-3,6-8,12-13,16-17,21,28H,4-5,9,11,25H2,1H3,(H,29,31). The van der Waals surface area contributed by atoms with E-state index >= 15 is 0 Å². The van der Waals surface area contributed by atoms with Crippen molar-refractivity contribution in [2.24, 2.45) is 24.6 Å². The van der Waals surface area contributed by atoms with Crippen LogP contribution in [-0.4, -0.2) is 33.3 Å². The van der Waals surface area contributed by atoms with E-state index in [4.69, 9.17) is 5.73 Å². The molecule has 2 aromatic heterocycles. The quantitative estimate of drug-likeness (QED) is 0.601. The highest BCUT2D eigenvalue weighted by Gasteiger charge is 2.43. The summed E-state index contributed by atoms with van der Waals surface area (Å²) < 4.78 is 1.85. The number of amides is 1. The molecule has 5 rings (SSSR count). The van der Waals surface area contributed by atoms with Crippen molar-refractivity contribution in [3.05, 3.63) is 47.8 Å². The number of hydrogen-bond acceptors (Lipinski definition) is 6. The Bertz CT molecular complexity index is 1190. The molecule has 0 bridgehead atoms. The van der Waals surface area contributed by atoms with Gasteiger partial charge in [0.2, 0.25) is 5.91 Å². The summed E-state index contributed by atoms with van der Waals surface area (Å²) in [7, 11) is 1.91. The third kappa shape index (κ3) is 3.17. The van der Waals surface area contributed by atoms with E-state index < -0.39 is 0 Å². The predicted molar refractivity (Wildman–Crippen MR) is 116 cm³/mol. The van der Waals surface area contributed by atoms with Crippen LogP contribution in [0.25, 0.3) is 22.2 Å². The summed E-state index contributed by atoms with van der Waals surface area (Å²) in [5.41, 5.74) is 16.2. The van der Waals surface area contributed by atoms with Gasteiger partial charge in [-0.3, -0.25) is 19.9 Å². The molecule has 0 radical (unpaired) electrons. The minimum atomic E-state index is -0.00687. The Hall–Kier alpha value is -3.28. The van der Waals surface area contributed by atoms with Crippen LogP contribution < -0.4 is 16.6 Å². The van der Waals surface area contributed by atoms with Gasteiger partial charge < -0.3 is 5.73 Å². The largest absolute Gasteiger partial charge is 0.329 e. The van der Waals surface area contributed by atoms with Crippen LogP contribution in [0, 0.1) is 23.2 Å². The van der Waals surface area contributed by atoms with Crippen molar-refractivity contribution in [1.29, 1.82) is 5.26 Å². The first-order chi connectivity index (χ1) is 15.1. The monoisotopic (exact) mass is 415 g/mol. The van der Waals surface area contributed by atoms with Gasteiger partial charge in [-0.15, -0.1) is 0 Å². The lowest BCUT2D eigenvalue weighted by molar-refractivity contribution is -0.133. The number of benzene rings is 1. The van der Waals surface area contributed by atoms with Crippen molar-refractivity contribution in [3.8, 4) is 17.3 Å². The lowest BCUT2D eigenvalue weighted by Crippen LogP contribution is -2.62. The van der Waals surface area contributed by atoms with Gasteiger partial charge in [0.25, 0.3) is 0 Å². The van der Waals surface area contributed by atoms with Crippen molar-refractivity contribution in [2.75, 3.05) is 6.54 Å². The van der Waals surface area contributed by atoms with E-state index in [0.29, 0.717) is 12.1 Å². The molecule has 1 aliphatic carbocycles. The van der Waals surface area contributed by atoms with Crippen LogP contribution in [0.1, 0.15) is 36.3 Å². The molecular formula is C23H25N7O. The van der Waals surface area contributed by atoms with Crippen molar-refractivity contribution < 1.29 is 4.79 Å². The molecule has 31 heavy (non-hydrogen) atoms. The normalized spacial score (nSPS) is 25.6. The Balaban J connectivity index is 1.57. The molecule has 4 unspecified atom stereocenters. The number of carbonyl (C=O) groups is 1. The fraction of sp³-hybridized carbons (Fsp3) is 0.391. The van der Waals surface area contributed by atoms with Crippen LogP contribution in [0.4, 0.5) is 0 Å². The topological polar surface area (TPSA) is 122 Å². The predicted octanol–water partition coefficient (Wildman–Crippen LogP) is 1.97. The second-order valence-electron chi connectivity index (χ2n) is 8.50. The van der Waals surface area contributed by atoms with E-state index in [1.165, 1.54) is 0 Å². The average molecular weight is 416 g/mol. The van der Waals surface area contributed by atoms with Crippen molar-refractivity contribution >= 4 is 16.8 Å².